The van der Waals surface area contributed by atoms with Crippen LogP contribution >= 0.6 is 15.9 Å². The number of rotatable bonds is 3. The third-order valence-corrected chi connectivity index (χ3v) is 3.87. The molecule has 0 spiro atoms. The highest BCUT2D eigenvalue weighted by molar-refractivity contribution is 9.10. The summed E-state index contributed by atoms with van der Waals surface area (Å²) in [6.07, 6.45) is 3.98. The van der Waals surface area contributed by atoms with Crippen molar-refractivity contribution in [3.05, 3.63) is 35.1 Å². The Hall–Kier alpha value is -1.34. The normalized spacial score (nSPS) is 11.5. The molecule has 0 bridgehead atoms. The van der Waals surface area contributed by atoms with Gasteiger partial charge in [-0.25, -0.2) is 17.4 Å². The second-order valence-electron chi connectivity index (χ2n) is 3.65. The van der Waals surface area contributed by atoms with Crippen LogP contribution in [0.2, 0.25) is 0 Å². The number of ether oxygens (including phenoxy) is 1. The van der Waals surface area contributed by atoms with Crippen LogP contribution in [-0.4, -0.2) is 30.7 Å². The van der Waals surface area contributed by atoms with Crippen LogP contribution in [0, 0.1) is 0 Å². The molecule has 0 aliphatic heterocycles. The molecule has 1 heterocycles. The average molecular weight is 331 g/mol. The van der Waals surface area contributed by atoms with Gasteiger partial charge in [-0.2, -0.15) is 0 Å². The molecule has 0 radical (unpaired) electrons. The molecule has 18 heavy (non-hydrogen) atoms. The third kappa shape index (κ3) is 2.41. The molecule has 2 rings (SSSR count). The quantitative estimate of drug-likeness (QED) is 0.864. The Balaban J connectivity index is 2.70. The Labute approximate surface area is 114 Å². The zero-order chi connectivity index (χ0) is 13.3. The molecule has 0 unspecified atom stereocenters. The van der Waals surface area contributed by atoms with Gasteiger partial charge in [0.25, 0.3) is 0 Å². The summed E-state index contributed by atoms with van der Waals surface area (Å²) in [5.41, 5.74) is 0.613. The van der Waals surface area contributed by atoms with Gasteiger partial charge in [-0.15, -0.1) is 0 Å². The number of nitrogens with zero attached hydrogens (tertiary/aromatic N) is 2. The zero-order valence-corrected chi connectivity index (χ0v) is 12.2. The monoisotopic (exact) mass is 330 g/mol. The lowest BCUT2D eigenvalue weighted by Crippen LogP contribution is -2.10. The van der Waals surface area contributed by atoms with E-state index >= 15 is 0 Å². The molecule has 0 fully saturated rings. The summed E-state index contributed by atoms with van der Waals surface area (Å²) in [7, 11) is -1.86. The predicted molar refractivity (Wildman–Crippen MR) is 72.2 cm³/mol. The highest BCUT2D eigenvalue weighted by Crippen LogP contribution is 2.31. The fourth-order valence-electron chi connectivity index (χ4n) is 1.60. The predicted octanol–water partition coefficient (Wildman–Crippen LogP) is 2.13. The van der Waals surface area contributed by atoms with E-state index in [1.54, 1.807) is 12.1 Å². The summed E-state index contributed by atoms with van der Waals surface area (Å²) < 4.78 is 30.5. The summed E-state index contributed by atoms with van der Waals surface area (Å²) in [5, 5.41) is 0. The smallest absolute Gasteiger partial charge is 0.237 e. The van der Waals surface area contributed by atoms with E-state index in [2.05, 4.69) is 20.9 Å². The Morgan fingerprint density at radius 2 is 2.11 bits per heavy atom. The molecule has 0 saturated heterocycles. The van der Waals surface area contributed by atoms with Crippen LogP contribution in [0.25, 0.3) is 11.4 Å². The number of benzene rings is 1. The van der Waals surface area contributed by atoms with E-state index in [0.717, 1.165) is 14.7 Å². The lowest BCUT2D eigenvalue weighted by molar-refractivity contribution is 0.416. The van der Waals surface area contributed by atoms with E-state index in [-0.39, 0.29) is 0 Å². The fraction of sp³-hybridized carbons (Fsp3) is 0.182. The Kier molecular flexibility index (Phi) is 3.45. The number of aromatic nitrogens is 2. The van der Waals surface area contributed by atoms with E-state index in [0.29, 0.717) is 17.1 Å². The molecular formula is C11H11BrN2O3S. The van der Waals surface area contributed by atoms with Crippen molar-refractivity contribution in [3.8, 4) is 17.1 Å². The molecule has 7 heteroatoms. The molecule has 1 aromatic heterocycles. The highest BCUT2D eigenvalue weighted by atomic mass is 79.9. The van der Waals surface area contributed by atoms with Crippen molar-refractivity contribution in [1.29, 1.82) is 0 Å². The van der Waals surface area contributed by atoms with Gasteiger partial charge in [-0.05, 0) is 18.2 Å². The molecule has 96 valence electrons. The van der Waals surface area contributed by atoms with Crippen molar-refractivity contribution >= 4 is 26.0 Å². The summed E-state index contributed by atoms with van der Waals surface area (Å²) in [6.45, 7) is 0. The van der Waals surface area contributed by atoms with Crippen molar-refractivity contribution in [2.75, 3.05) is 13.4 Å². The molecule has 0 N–H and O–H groups in total. The summed E-state index contributed by atoms with van der Waals surface area (Å²) in [4.78, 5) is 4.09. The molecule has 0 amide bonds. The summed E-state index contributed by atoms with van der Waals surface area (Å²) >= 11 is 3.34. The number of methoxy groups -OCH3 is 1. The first kappa shape index (κ1) is 13.1. The first-order valence-electron chi connectivity index (χ1n) is 5.01. The molecule has 1 aromatic carbocycles. The number of hydrogen-bond donors (Lipinski definition) is 0. The van der Waals surface area contributed by atoms with Crippen LogP contribution in [0.3, 0.4) is 0 Å². The van der Waals surface area contributed by atoms with E-state index in [9.17, 15) is 8.42 Å². The largest absolute Gasteiger partial charge is 0.496 e. The van der Waals surface area contributed by atoms with Crippen molar-refractivity contribution < 1.29 is 13.2 Å². The van der Waals surface area contributed by atoms with Crippen LogP contribution in [0.4, 0.5) is 0 Å². The van der Waals surface area contributed by atoms with E-state index in [1.807, 2.05) is 6.07 Å². The van der Waals surface area contributed by atoms with Crippen molar-refractivity contribution in [1.82, 2.24) is 8.96 Å². The van der Waals surface area contributed by atoms with Gasteiger partial charge in [-0.3, -0.25) is 0 Å². The maximum Gasteiger partial charge on any atom is 0.237 e. The topological polar surface area (TPSA) is 61.2 Å². The minimum Gasteiger partial charge on any atom is -0.496 e. The van der Waals surface area contributed by atoms with Gasteiger partial charge in [-0.1, -0.05) is 15.9 Å². The maximum absolute atomic E-state index is 11.6. The lowest BCUT2D eigenvalue weighted by atomic mass is 10.2. The van der Waals surface area contributed by atoms with Crippen molar-refractivity contribution in [3.63, 3.8) is 0 Å². The molecule has 2 aromatic rings. The van der Waals surface area contributed by atoms with Gasteiger partial charge in [0.2, 0.25) is 10.0 Å². The number of halogens is 1. The number of imidazole rings is 1. The van der Waals surface area contributed by atoms with Gasteiger partial charge in [0.05, 0.1) is 18.9 Å². The average Bonchev–Trinajstić information content (AvgIpc) is 2.77. The highest BCUT2D eigenvalue weighted by Gasteiger charge is 2.17. The van der Waals surface area contributed by atoms with E-state index in [4.69, 9.17) is 4.74 Å². The van der Waals surface area contributed by atoms with Gasteiger partial charge in [0.15, 0.2) is 5.82 Å². The summed E-state index contributed by atoms with van der Waals surface area (Å²) in [6, 6.07) is 5.33. The van der Waals surface area contributed by atoms with Crippen LogP contribution in [0.5, 0.6) is 5.75 Å². The van der Waals surface area contributed by atoms with Crippen LogP contribution in [0.15, 0.2) is 35.1 Å². The van der Waals surface area contributed by atoms with Gasteiger partial charge in [0.1, 0.15) is 5.75 Å². The molecular weight excluding hydrogens is 320 g/mol. The first-order valence-corrected chi connectivity index (χ1v) is 7.65. The fourth-order valence-corrected chi connectivity index (χ4v) is 2.70. The van der Waals surface area contributed by atoms with E-state index < -0.39 is 10.0 Å². The van der Waals surface area contributed by atoms with Crippen LogP contribution < -0.4 is 4.74 Å². The molecule has 0 aliphatic rings. The minimum atomic E-state index is -3.39. The SMILES string of the molecule is COc1ccc(Br)cc1-c1nccn1S(C)(=O)=O. The molecule has 5 nitrogen and oxygen atoms in total. The van der Waals surface area contributed by atoms with Gasteiger partial charge in [0, 0.05) is 16.9 Å². The number of hydrogen-bond acceptors (Lipinski definition) is 4. The second-order valence-corrected chi connectivity index (χ2v) is 6.43. The standard InChI is InChI=1S/C11H11BrN2O3S/c1-17-10-4-3-8(12)7-9(10)11-13-5-6-14(11)18(2,15)16/h3-7H,1-2H3. The van der Waals surface area contributed by atoms with Crippen LogP contribution in [-0.2, 0) is 10.0 Å². The Morgan fingerprint density at radius 1 is 1.39 bits per heavy atom. The first-order chi connectivity index (χ1) is 8.43. The second kappa shape index (κ2) is 4.74. The molecule has 0 atom stereocenters. The van der Waals surface area contributed by atoms with Crippen molar-refractivity contribution in [2.24, 2.45) is 0 Å². The lowest BCUT2D eigenvalue weighted by Gasteiger charge is -2.10. The van der Waals surface area contributed by atoms with Gasteiger partial charge >= 0.3 is 0 Å². The minimum absolute atomic E-state index is 0.329. The third-order valence-electron chi connectivity index (χ3n) is 2.37. The molecule has 0 aliphatic carbocycles. The van der Waals surface area contributed by atoms with Crippen LogP contribution in [0.1, 0.15) is 0 Å². The van der Waals surface area contributed by atoms with Gasteiger partial charge < -0.3 is 4.74 Å². The van der Waals surface area contributed by atoms with Crippen molar-refractivity contribution in [2.45, 2.75) is 0 Å². The zero-order valence-electron chi connectivity index (χ0n) is 9.79. The summed E-state index contributed by atoms with van der Waals surface area (Å²) in [5.74, 6) is 0.893. The maximum atomic E-state index is 11.6. The molecule has 0 saturated carbocycles. The Morgan fingerprint density at radius 3 is 2.72 bits per heavy atom. The van der Waals surface area contributed by atoms with E-state index in [1.165, 1.54) is 19.5 Å². The Bertz CT molecular complexity index is 679.